The Morgan fingerprint density at radius 3 is 1.86 bits per heavy atom. The number of hydrogen-bond donors (Lipinski definition) is 3. The molecule has 17 heteroatoms. The summed E-state index contributed by atoms with van der Waals surface area (Å²) in [6.07, 6.45) is 2.50. The minimum Gasteiger partial charge on any atom is -0.479 e. The number of oxime groups is 1. The summed E-state index contributed by atoms with van der Waals surface area (Å²) in [4.78, 5) is 77.0. The molecule has 71 heavy (non-hydrogen) atoms. The molecule has 0 aliphatic carbocycles. The van der Waals surface area contributed by atoms with Crippen LogP contribution in [-0.2, 0) is 34.3 Å². The van der Waals surface area contributed by atoms with Gasteiger partial charge in [-0.1, -0.05) is 169 Å². The average molecular weight is 983 g/mol. The van der Waals surface area contributed by atoms with Crippen LogP contribution < -0.4 is 10.6 Å². The van der Waals surface area contributed by atoms with Gasteiger partial charge in [0.25, 0.3) is 17.5 Å². The Morgan fingerprint density at radius 1 is 0.803 bits per heavy atom. The summed E-state index contributed by atoms with van der Waals surface area (Å²) in [5, 5.41) is 32.3. The van der Waals surface area contributed by atoms with Crippen LogP contribution in [0.15, 0.2) is 204 Å². The van der Waals surface area contributed by atoms with Crippen molar-refractivity contribution in [3.8, 4) is 0 Å². The third-order valence-electron chi connectivity index (χ3n) is 11.7. The smallest absolute Gasteiger partial charge is 0.356 e. The molecule has 354 valence electrons. The van der Waals surface area contributed by atoms with E-state index in [0.29, 0.717) is 27.4 Å². The van der Waals surface area contributed by atoms with Crippen molar-refractivity contribution in [1.29, 1.82) is 0 Å². The number of benzene rings is 6. The number of carboxylic acids is 1. The van der Waals surface area contributed by atoms with Crippen molar-refractivity contribution in [3.05, 3.63) is 248 Å². The largest absolute Gasteiger partial charge is 0.479 e. The molecular formula is C54H42N6O9S2. The molecule has 0 saturated carbocycles. The van der Waals surface area contributed by atoms with E-state index in [-0.39, 0.29) is 28.5 Å². The first-order chi connectivity index (χ1) is 34.6. The zero-order chi connectivity index (χ0) is 49.3. The predicted octanol–water partition coefficient (Wildman–Crippen LogP) is 8.96. The standard InChI is InChI=1S/C54H42N6O9S2/c61-44(62)32-68-58-45(43-34-71-53(55-43)57-54(39-20-10-3-11-21-39,40-22-12-4-13-23-40)41-24-14-5-15-25-41)49(63)56-46-50(64)59-47(38(33-70-51(46)59)29-26-35-27-30-42(31-28-35)60(66)67)52(65)69-48(36-16-6-1-7-17-36)37-18-8-2-9-19-37/h1-31,34,46,48,51H,32-33H2,(H,55,57)(H,56,63)(H,61,62)/t46?,51-/m1/s1. The zero-order valence-electron chi connectivity index (χ0n) is 37.4. The number of nitro benzene ring substituents is 1. The van der Waals surface area contributed by atoms with E-state index in [0.717, 1.165) is 16.7 Å². The third-order valence-corrected chi connectivity index (χ3v) is 13.8. The highest BCUT2D eigenvalue weighted by molar-refractivity contribution is 8.00. The van der Waals surface area contributed by atoms with Crippen molar-refractivity contribution in [2.45, 2.75) is 23.1 Å². The number of nitrogens with one attached hydrogen (secondary N) is 2. The Morgan fingerprint density at radius 2 is 1.34 bits per heavy atom. The summed E-state index contributed by atoms with van der Waals surface area (Å²) >= 11 is 2.48. The topological polar surface area (TPSA) is 203 Å². The second-order valence-corrected chi connectivity index (χ2v) is 18.1. The van der Waals surface area contributed by atoms with Crippen molar-refractivity contribution < 1.29 is 38.8 Å². The Kier molecular flexibility index (Phi) is 14.2. The molecule has 3 N–H and O–H groups in total. The molecule has 0 radical (unpaired) electrons. The van der Waals surface area contributed by atoms with Gasteiger partial charge in [0.1, 0.15) is 28.3 Å². The summed E-state index contributed by atoms with van der Waals surface area (Å²) in [5.41, 5.74) is 3.72. The first-order valence-corrected chi connectivity index (χ1v) is 24.1. The number of carbonyl (C=O) groups is 4. The van der Waals surface area contributed by atoms with E-state index in [1.165, 1.54) is 40.1 Å². The van der Waals surface area contributed by atoms with Gasteiger partial charge < -0.3 is 25.3 Å². The van der Waals surface area contributed by atoms with E-state index in [1.807, 2.05) is 152 Å². The minimum absolute atomic E-state index is 0.0353. The zero-order valence-corrected chi connectivity index (χ0v) is 39.1. The van der Waals surface area contributed by atoms with Crippen molar-refractivity contribution in [1.82, 2.24) is 15.2 Å². The number of nitro groups is 1. The lowest BCUT2D eigenvalue weighted by atomic mass is 9.77. The molecule has 7 aromatic rings. The number of esters is 1. The number of carboxylic acid groups (broad SMARTS) is 1. The van der Waals surface area contributed by atoms with E-state index in [1.54, 1.807) is 29.7 Å². The van der Waals surface area contributed by atoms with Crippen LogP contribution in [-0.4, -0.2) is 73.2 Å². The van der Waals surface area contributed by atoms with Gasteiger partial charge in [-0.25, -0.2) is 14.6 Å². The van der Waals surface area contributed by atoms with Crippen LogP contribution in [0.5, 0.6) is 0 Å². The number of amides is 2. The molecule has 0 bridgehead atoms. The fourth-order valence-electron chi connectivity index (χ4n) is 8.36. The average Bonchev–Trinajstić information content (AvgIpc) is 3.88. The van der Waals surface area contributed by atoms with E-state index in [4.69, 9.17) is 14.6 Å². The Labute approximate surface area is 415 Å². The number of hydrogen-bond acceptors (Lipinski definition) is 13. The number of thiazole rings is 1. The Bertz CT molecular complexity index is 3020. The van der Waals surface area contributed by atoms with Gasteiger partial charge in [-0.05, 0) is 51.1 Å². The van der Waals surface area contributed by atoms with Crippen molar-refractivity contribution in [3.63, 3.8) is 0 Å². The SMILES string of the molecule is O=C(O)CON=C(C(=O)NC1C(=O)N2C(C(=O)OC(c3ccccc3)c3ccccc3)=C(C=Cc3ccc([N+](=O)[O-])cc3)CS[C@H]12)c1csc(NC(c2ccccc2)(c2ccccc2)c2ccccc2)n1. The highest BCUT2D eigenvalue weighted by Gasteiger charge is 2.55. The second kappa shape index (κ2) is 21.3. The van der Waals surface area contributed by atoms with Crippen molar-refractivity contribution in [2.24, 2.45) is 5.16 Å². The van der Waals surface area contributed by atoms with Gasteiger partial charge in [0, 0.05) is 23.3 Å². The molecule has 2 aliphatic rings. The highest BCUT2D eigenvalue weighted by Crippen LogP contribution is 2.43. The van der Waals surface area contributed by atoms with Crippen LogP contribution in [0.3, 0.4) is 0 Å². The number of ether oxygens (including phenoxy) is 1. The number of aliphatic carboxylic acids is 1. The molecule has 1 unspecified atom stereocenters. The lowest BCUT2D eigenvalue weighted by Crippen LogP contribution is -2.71. The second-order valence-electron chi connectivity index (χ2n) is 16.1. The summed E-state index contributed by atoms with van der Waals surface area (Å²) in [7, 11) is 0. The summed E-state index contributed by atoms with van der Waals surface area (Å²) in [5.74, 6) is -3.42. The maximum atomic E-state index is 14.6. The monoisotopic (exact) mass is 982 g/mol. The molecular weight excluding hydrogens is 941 g/mol. The number of allylic oxidation sites excluding steroid dienone is 1. The molecule has 9 rings (SSSR count). The molecule has 2 atom stereocenters. The van der Waals surface area contributed by atoms with E-state index in [9.17, 15) is 34.4 Å². The molecule has 1 saturated heterocycles. The summed E-state index contributed by atoms with van der Waals surface area (Å²) in [6.45, 7) is -0.862. The number of β-lactam (4-membered cyclic amide) rings is 1. The Hall–Kier alpha value is -8.67. The number of aromatic nitrogens is 1. The van der Waals surface area contributed by atoms with Crippen LogP contribution in [0.25, 0.3) is 6.08 Å². The number of non-ortho nitro benzene ring substituents is 1. The van der Waals surface area contributed by atoms with Gasteiger partial charge in [-0.15, -0.1) is 23.1 Å². The van der Waals surface area contributed by atoms with Crippen molar-refractivity contribution in [2.75, 3.05) is 17.7 Å². The summed E-state index contributed by atoms with van der Waals surface area (Å²) in [6, 6.07) is 52.6. The lowest BCUT2D eigenvalue weighted by Gasteiger charge is -2.49. The van der Waals surface area contributed by atoms with Crippen LogP contribution in [0, 0.1) is 10.1 Å². The first-order valence-electron chi connectivity index (χ1n) is 22.1. The van der Waals surface area contributed by atoms with Gasteiger partial charge >= 0.3 is 11.9 Å². The maximum absolute atomic E-state index is 14.6. The molecule has 15 nitrogen and oxygen atoms in total. The van der Waals surface area contributed by atoms with Gasteiger partial charge in [-0.3, -0.25) is 24.6 Å². The molecule has 2 aliphatic heterocycles. The number of carbonyl (C=O) groups excluding carboxylic acids is 3. The molecule has 0 spiro atoms. The van der Waals surface area contributed by atoms with Crippen LogP contribution in [0.4, 0.5) is 10.8 Å². The summed E-state index contributed by atoms with van der Waals surface area (Å²) < 4.78 is 6.29. The number of rotatable bonds is 18. The van der Waals surface area contributed by atoms with Gasteiger partial charge in [0.15, 0.2) is 16.9 Å². The highest BCUT2D eigenvalue weighted by atomic mass is 32.2. The first kappa shape index (κ1) is 47.4. The number of thioether (sulfide) groups is 1. The number of anilines is 1. The van der Waals surface area contributed by atoms with Gasteiger partial charge in [0.2, 0.25) is 6.61 Å². The van der Waals surface area contributed by atoms with Crippen LogP contribution >= 0.6 is 23.1 Å². The molecule has 1 fully saturated rings. The van der Waals surface area contributed by atoms with Crippen LogP contribution in [0.1, 0.15) is 45.2 Å². The van der Waals surface area contributed by atoms with Gasteiger partial charge in [-0.2, -0.15) is 0 Å². The fourth-order valence-corrected chi connectivity index (χ4v) is 10.4. The minimum atomic E-state index is -1.33. The molecule has 3 heterocycles. The van der Waals surface area contributed by atoms with E-state index >= 15 is 0 Å². The molecule has 2 amide bonds. The van der Waals surface area contributed by atoms with E-state index < -0.39 is 58.3 Å². The number of nitrogens with zero attached hydrogens (tertiary/aromatic N) is 4. The lowest BCUT2D eigenvalue weighted by molar-refractivity contribution is -0.384. The normalized spacial score (nSPS) is 15.7. The number of fused-ring (bicyclic) bond motifs is 1. The van der Waals surface area contributed by atoms with Crippen molar-refractivity contribution >= 4 is 69.5 Å². The quantitative estimate of drug-likeness (QED) is 0.0184. The molecule has 1 aromatic heterocycles. The third kappa shape index (κ3) is 10.2. The molecule has 6 aromatic carbocycles. The van der Waals surface area contributed by atoms with E-state index in [2.05, 4.69) is 15.8 Å². The van der Waals surface area contributed by atoms with Gasteiger partial charge in [0.05, 0.1) is 4.92 Å². The Balaban J connectivity index is 1.02. The fraction of sp³-hybridized carbons (Fsp3) is 0.111. The maximum Gasteiger partial charge on any atom is 0.356 e. The predicted molar refractivity (Wildman–Crippen MR) is 270 cm³/mol. The van der Waals surface area contributed by atoms with Crippen LogP contribution in [0.2, 0.25) is 0 Å².